The van der Waals surface area contributed by atoms with E-state index in [0.29, 0.717) is 10.6 Å². The average Bonchev–Trinajstić information content (AvgIpc) is 2.71. The summed E-state index contributed by atoms with van der Waals surface area (Å²) in [4.78, 5) is 15.0. The van der Waals surface area contributed by atoms with Gasteiger partial charge in [-0.15, -0.1) is 0 Å². The number of halogens is 1. The lowest BCUT2D eigenvalue weighted by molar-refractivity contribution is -1.02. The normalized spacial score (nSPS) is 20.0. The molecule has 1 aliphatic rings. The molecule has 2 N–H and O–H groups in total. The summed E-state index contributed by atoms with van der Waals surface area (Å²) in [6.07, 6.45) is 4.47. The highest BCUT2D eigenvalue weighted by atomic mass is 35.5. The summed E-state index contributed by atoms with van der Waals surface area (Å²) < 4.78 is 5.31. The molecule has 2 aromatic carbocycles. The van der Waals surface area contributed by atoms with Crippen molar-refractivity contribution >= 4 is 28.6 Å². The molecule has 0 unspecified atom stereocenters. The monoisotopic (exact) mass is 396 g/mol. The van der Waals surface area contributed by atoms with Crippen molar-refractivity contribution in [2.24, 2.45) is 0 Å². The molecule has 5 heteroatoms. The van der Waals surface area contributed by atoms with Crippen LogP contribution in [0.5, 0.6) is 0 Å². The second-order valence-electron chi connectivity index (χ2n) is 7.43. The maximum absolute atomic E-state index is 11.9. The van der Waals surface area contributed by atoms with Crippen LogP contribution in [-0.2, 0) is 6.54 Å². The van der Waals surface area contributed by atoms with Gasteiger partial charge in [0.25, 0.3) is 0 Å². The first-order chi connectivity index (χ1) is 13.7. The van der Waals surface area contributed by atoms with E-state index in [1.807, 2.05) is 12.1 Å². The van der Waals surface area contributed by atoms with E-state index in [2.05, 4.69) is 36.4 Å². The van der Waals surface area contributed by atoms with Crippen molar-refractivity contribution in [3.63, 3.8) is 0 Å². The van der Waals surface area contributed by atoms with Gasteiger partial charge >= 0.3 is 5.63 Å². The molecule has 1 aliphatic heterocycles. The van der Waals surface area contributed by atoms with E-state index in [1.54, 1.807) is 23.1 Å². The molecule has 1 fully saturated rings. The van der Waals surface area contributed by atoms with Gasteiger partial charge in [-0.05, 0) is 29.8 Å². The van der Waals surface area contributed by atoms with Gasteiger partial charge in [0.2, 0.25) is 0 Å². The predicted molar refractivity (Wildman–Crippen MR) is 113 cm³/mol. The van der Waals surface area contributed by atoms with Crippen molar-refractivity contribution in [1.82, 2.24) is 0 Å². The number of benzene rings is 2. The van der Waals surface area contributed by atoms with E-state index in [0.717, 1.165) is 50.2 Å². The van der Waals surface area contributed by atoms with Gasteiger partial charge in [-0.3, -0.25) is 0 Å². The smallest absolute Gasteiger partial charge is 0.336 e. The molecule has 0 atom stereocenters. The SMILES string of the molecule is O=c1cc(C[NH+]2CC[NH+](C/C=C/c3ccccc3)CC2)c2cc(Cl)ccc2o1. The van der Waals surface area contributed by atoms with Crippen molar-refractivity contribution in [2.75, 3.05) is 32.7 Å². The quantitative estimate of drug-likeness (QED) is 0.641. The first kappa shape index (κ1) is 18.9. The molecule has 4 rings (SSSR count). The maximum atomic E-state index is 11.9. The zero-order valence-corrected chi connectivity index (χ0v) is 16.5. The van der Waals surface area contributed by atoms with Crippen LogP contribution in [0.4, 0.5) is 0 Å². The van der Waals surface area contributed by atoms with E-state index in [-0.39, 0.29) is 5.63 Å². The van der Waals surface area contributed by atoms with Gasteiger partial charge in [-0.25, -0.2) is 4.79 Å². The van der Waals surface area contributed by atoms with E-state index < -0.39 is 0 Å². The van der Waals surface area contributed by atoms with Crippen molar-refractivity contribution in [2.45, 2.75) is 6.54 Å². The average molecular weight is 397 g/mol. The number of piperazine rings is 1. The van der Waals surface area contributed by atoms with Crippen LogP contribution >= 0.6 is 11.6 Å². The zero-order chi connectivity index (χ0) is 19.3. The third-order valence-electron chi connectivity index (χ3n) is 5.41. The molecule has 2 heterocycles. The molecular formula is C23H25ClN2O2+2. The van der Waals surface area contributed by atoms with Gasteiger partial charge in [0.1, 0.15) is 38.3 Å². The summed E-state index contributed by atoms with van der Waals surface area (Å²) in [6.45, 7) is 6.34. The molecule has 1 saturated heterocycles. The van der Waals surface area contributed by atoms with Crippen LogP contribution in [0.25, 0.3) is 17.0 Å². The molecule has 0 aliphatic carbocycles. The Balaban J connectivity index is 1.36. The number of hydrogen-bond acceptors (Lipinski definition) is 2. The van der Waals surface area contributed by atoms with Crippen LogP contribution in [0.3, 0.4) is 0 Å². The third kappa shape index (κ3) is 4.71. The molecular weight excluding hydrogens is 372 g/mol. The fourth-order valence-electron chi connectivity index (χ4n) is 3.88. The van der Waals surface area contributed by atoms with Crippen LogP contribution in [0.15, 0.2) is 69.9 Å². The minimum absolute atomic E-state index is 0.292. The molecule has 144 valence electrons. The molecule has 4 nitrogen and oxygen atoms in total. The third-order valence-corrected chi connectivity index (χ3v) is 5.65. The fourth-order valence-corrected chi connectivity index (χ4v) is 4.05. The number of rotatable bonds is 5. The second kappa shape index (κ2) is 8.74. The lowest BCUT2D eigenvalue weighted by Crippen LogP contribution is -3.27. The Morgan fingerprint density at radius 3 is 2.50 bits per heavy atom. The Morgan fingerprint density at radius 2 is 1.71 bits per heavy atom. The Bertz CT molecular complexity index is 1020. The van der Waals surface area contributed by atoms with Gasteiger partial charge in [0.05, 0.1) is 6.54 Å². The van der Waals surface area contributed by atoms with Crippen LogP contribution in [0.1, 0.15) is 11.1 Å². The Kier molecular flexibility index (Phi) is 5.91. The summed E-state index contributed by atoms with van der Waals surface area (Å²) in [5.41, 5.74) is 2.59. The fraction of sp³-hybridized carbons (Fsp3) is 0.261. The maximum Gasteiger partial charge on any atom is 0.336 e. The van der Waals surface area contributed by atoms with Crippen molar-refractivity contribution < 1.29 is 14.2 Å². The standard InChI is InChI=1S/C23H23ClN2O2/c24-20-8-9-22-21(16-20)19(15-23(27)28-22)17-26-13-11-25(12-14-26)10-4-7-18-5-2-1-3-6-18/h1-9,15-16H,10-14,17H2/p+2/b7-4+. The molecule has 1 aromatic heterocycles. The van der Waals surface area contributed by atoms with E-state index >= 15 is 0 Å². The molecule has 0 spiro atoms. The molecule has 28 heavy (non-hydrogen) atoms. The lowest BCUT2D eigenvalue weighted by atomic mass is 10.1. The number of nitrogens with one attached hydrogen (secondary N) is 2. The first-order valence-electron chi connectivity index (χ1n) is 9.78. The number of quaternary nitrogens is 2. The van der Waals surface area contributed by atoms with Crippen LogP contribution in [0, 0.1) is 0 Å². The summed E-state index contributed by atoms with van der Waals surface area (Å²) in [6, 6.07) is 17.5. The van der Waals surface area contributed by atoms with Crippen LogP contribution < -0.4 is 15.4 Å². The molecule has 3 aromatic rings. The zero-order valence-electron chi connectivity index (χ0n) is 15.8. The van der Waals surface area contributed by atoms with Gasteiger partial charge in [-0.1, -0.05) is 48.0 Å². The summed E-state index contributed by atoms with van der Waals surface area (Å²) in [7, 11) is 0. The van der Waals surface area contributed by atoms with Gasteiger partial charge in [0.15, 0.2) is 0 Å². The van der Waals surface area contributed by atoms with Gasteiger partial charge < -0.3 is 14.2 Å². The Labute approximate surface area is 169 Å². The molecule has 0 radical (unpaired) electrons. The highest BCUT2D eigenvalue weighted by Gasteiger charge is 2.23. The Morgan fingerprint density at radius 1 is 0.964 bits per heavy atom. The number of fused-ring (bicyclic) bond motifs is 1. The molecule has 0 bridgehead atoms. The first-order valence-corrected chi connectivity index (χ1v) is 10.2. The van der Waals surface area contributed by atoms with E-state index in [1.165, 1.54) is 10.5 Å². The number of hydrogen-bond donors (Lipinski definition) is 2. The molecule has 0 saturated carbocycles. The molecule has 0 amide bonds. The van der Waals surface area contributed by atoms with Gasteiger partial charge in [-0.2, -0.15) is 0 Å². The van der Waals surface area contributed by atoms with Crippen LogP contribution in [0.2, 0.25) is 5.02 Å². The summed E-state index contributed by atoms with van der Waals surface area (Å²) in [5.74, 6) is 0. The second-order valence-corrected chi connectivity index (χ2v) is 7.86. The van der Waals surface area contributed by atoms with E-state index in [9.17, 15) is 4.79 Å². The van der Waals surface area contributed by atoms with Crippen molar-refractivity contribution in [3.8, 4) is 0 Å². The van der Waals surface area contributed by atoms with E-state index in [4.69, 9.17) is 16.0 Å². The Hall–Kier alpha value is -2.40. The largest absolute Gasteiger partial charge is 0.423 e. The minimum Gasteiger partial charge on any atom is -0.423 e. The van der Waals surface area contributed by atoms with Crippen molar-refractivity contribution in [3.05, 3.63) is 87.2 Å². The predicted octanol–water partition coefficient (Wildman–Crippen LogP) is 1.44. The lowest BCUT2D eigenvalue weighted by Gasteiger charge is -2.29. The van der Waals surface area contributed by atoms with Gasteiger partial charge in [0, 0.05) is 22.0 Å². The highest BCUT2D eigenvalue weighted by molar-refractivity contribution is 6.31. The van der Waals surface area contributed by atoms with Crippen molar-refractivity contribution in [1.29, 1.82) is 0 Å². The highest BCUT2D eigenvalue weighted by Crippen LogP contribution is 2.21. The minimum atomic E-state index is -0.292. The topological polar surface area (TPSA) is 39.1 Å². The summed E-state index contributed by atoms with van der Waals surface area (Å²) >= 11 is 6.15. The summed E-state index contributed by atoms with van der Waals surface area (Å²) in [5, 5.41) is 1.61. The van der Waals surface area contributed by atoms with Crippen LogP contribution in [-0.4, -0.2) is 32.7 Å².